The van der Waals surface area contributed by atoms with E-state index in [0.717, 1.165) is 32.3 Å². The Labute approximate surface area is 155 Å². The third-order valence-electron chi connectivity index (χ3n) is 4.15. The lowest BCUT2D eigenvalue weighted by molar-refractivity contribution is 0.0998. The molecule has 4 rings (SSSR count). The Balaban J connectivity index is 1.50. The highest BCUT2D eigenvalue weighted by Crippen LogP contribution is 2.28. The van der Waals surface area contributed by atoms with Crippen LogP contribution in [0.25, 0.3) is 11.0 Å². The summed E-state index contributed by atoms with van der Waals surface area (Å²) >= 11 is 1.57. The van der Waals surface area contributed by atoms with E-state index in [1.807, 2.05) is 73.3 Å². The molecule has 1 N–H and O–H groups in total. The summed E-state index contributed by atoms with van der Waals surface area (Å²) in [5, 5.41) is 4.77. The highest BCUT2D eigenvalue weighted by molar-refractivity contribution is 7.99. The fraction of sp³-hybridized carbons (Fsp3) is 0.100. The quantitative estimate of drug-likeness (QED) is 0.561. The van der Waals surface area contributed by atoms with Crippen molar-refractivity contribution in [2.45, 2.75) is 17.0 Å². The largest absolute Gasteiger partial charge is 0.451 e. The summed E-state index contributed by atoms with van der Waals surface area (Å²) in [7, 11) is 1.96. The Morgan fingerprint density at radius 3 is 2.62 bits per heavy atom. The van der Waals surface area contributed by atoms with Gasteiger partial charge in [0.15, 0.2) is 10.9 Å². The van der Waals surface area contributed by atoms with Gasteiger partial charge in [0, 0.05) is 41.0 Å². The number of aryl methyl sites for hydroxylation is 2. The standard InChI is InChI=1S/C20H17N3O2S/c1-13-16-5-3-4-6-17(16)25-18(13)19(24)22-14-7-9-15(10-8-14)26-20-21-11-12-23(20)2/h3-12H,1-2H3,(H,22,24). The second-order valence-corrected chi connectivity index (χ2v) is 6.99. The maximum absolute atomic E-state index is 12.6. The zero-order chi connectivity index (χ0) is 18.1. The van der Waals surface area contributed by atoms with Crippen LogP contribution in [0, 0.1) is 6.92 Å². The van der Waals surface area contributed by atoms with E-state index in [-0.39, 0.29) is 5.91 Å². The lowest BCUT2D eigenvalue weighted by Crippen LogP contribution is -2.11. The molecule has 5 nitrogen and oxygen atoms in total. The molecule has 1 amide bonds. The van der Waals surface area contributed by atoms with Crippen molar-refractivity contribution in [1.29, 1.82) is 0 Å². The van der Waals surface area contributed by atoms with Gasteiger partial charge in [0.2, 0.25) is 0 Å². The lowest BCUT2D eigenvalue weighted by atomic mass is 10.1. The molecule has 0 fully saturated rings. The third kappa shape index (κ3) is 3.11. The van der Waals surface area contributed by atoms with E-state index in [9.17, 15) is 4.79 Å². The Morgan fingerprint density at radius 1 is 1.15 bits per heavy atom. The number of hydrogen-bond acceptors (Lipinski definition) is 4. The molecule has 0 saturated heterocycles. The summed E-state index contributed by atoms with van der Waals surface area (Å²) in [5.74, 6) is 0.0980. The third-order valence-corrected chi connectivity index (χ3v) is 5.23. The van der Waals surface area contributed by atoms with Crippen molar-refractivity contribution in [2.24, 2.45) is 7.05 Å². The normalized spacial score (nSPS) is 11.0. The fourth-order valence-corrected chi connectivity index (χ4v) is 3.54. The van der Waals surface area contributed by atoms with Crippen LogP contribution in [0.3, 0.4) is 0 Å². The second kappa shape index (κ2) is 6.72. The highest BCUT2D eigenvalue weighted by Gasteiger charge is 2.17. The molecule has 2 aromatic carbocycles. The van der Waals surface area contributed by atoms with Crippen LogP contribution < -0.4 is 5.32 Å². The van der Waals surface area contributed by atoms with Crippen LogP contribution in [0.5, 0.6) is 0 Å². The van der Waals surface area contributed by atoms with Gasteiger partial charge in [0.1, 0.15) is 5.58 Å². The lowest BCUT2D eigenvalue weighted by Gasteiger charge is -2.06. The number of imidazole rings is 1. The number of amides is 1. The Hall–Kier alpha value is -2.99. The number of para-hydroxylation sites is 1. The summed E-state index contributed by atoms with van der Waals surface area (Å²) in [6.07, 6.45) is 3.68. The molecule has 2 aromatic heterocycles. The Morgan fingerprint density at radius 2 is 1.92 bits per heavy atom. The van der Waals surface area contributed by atoms with Gasteiger partial charge in [-0.25, -0.2) is 4.98 Å². The number of nitrogens with zero attached hydrogens (tertiary/aromatic N) is 2. The summed E-state index contributed by atoms with van der Waals surface area (Å²) in [4.78, 5) is 17.9. The van der Waals surface area contributed by atoms with Gasteiger partial charge < -0.3 is 14.3 Å². The number of fused-ring (bicyclic) bond motifs is 1. The van der Waals surface area contributed by atoms with Crippen LogP contribution in [0.15, 0.2) is 75.4 Å². The number of carbonyl (C=O) groups excluding carboxylic acids is 1. The van der Waals surface area contributed by atoms with Crippen molar-refractivity contribution >= 4 is 34.3 Å². The molecular formula is C20H17N3O2S. The van der Waals surface area contributed by atoms with Gasteiger partial charge in [-0.15, -0.1) is 0 Å². The van der Waals surface area contributed by atoms with Crippen LogP contribution >= 0.6 is 11.8 Å². The molecule has 2 heterocycles. The summed E-state index contributed by atoms with van der Waals surface area (Å²) in [6.45, 7) is 1.90. The molecule has 0 aliphatic heterocycles. The molecule has 0 atom stereocenters. The van der Waals surface area contributed by atoms with Crippen molar-refractivity contribution in [2.75, 3.05) is 5.32 Å². The molecule has 6 heteroatoms. The smallest absolute Gasteiger partial charge is 0.291 e. The van der Waals surface area contributed by atoms with Crippen molar-refractivity contribution in [3.05, 3.63) is 72.2 Å². The van der Waals surface area contributed by atoms with E-state index < -0.39 is 0 Å². The molecule has 0 spiro atoms. The molecule has 0 unspecified atom stereocenters. The van der Waals surface area contributed by atoms with E-state index in [0.29, 0.717) is 5.76 Å². The topological polar surface area (TPSA) is 60.1 Å². The Kier molecular flexibility index (Phi) is 4.26. The number of anilines is 1. The molecule has 4 aromatic rings. The molecule has 26 heavy (non-hydrogen) atoms. The molecule has 0 aliphatic carbocycles. The van der Waals surface area contributed by atoms with Gasteiger partial charge in [-0.3, -0.25) is 4.79 Å². The summed E-state index contributed by atoms with van der Waals surface area (Å²) in [6, 6.07) is 15.3. The van der Waals surface area contributed by atoms with Gasteiger partial charge in [-0.1, -0.05) is 30.0 Å². The molecule has 0 bridgehead atoms. The number of aromatic nitrogens is 2. The second-order valence-electron chi connectivity index (χ2n) is 5.95. The molecular weight excluding hydrogens is 346 g/mol. The fourth-order valence-electron chi connectivity index (χ4n) is 2.74. The van der Waals surface area contributed by atoms with E-state index in [2.05, 4.69) is 10.3 Å². The van der Waals surface area contributed by atoms with Crippen LogP contribution in [-0.4, -0.2) is 15.5 Å². The van der Waals surface area contributed by atoms with Gasteiger partial charge >= 0.3 is 0 Å². The predicted octanol–water partition coefficient (Wildman–Crippen LogP) is 4.88. The van der Waals surface area contributed by atoms with E-state index in [4.69, 9.17) is 4.42 Å². The van der Waals surface area contributed by atoms with Gasteiger partial charge in [0.05, 0.1) is 0 Å². The van der Waals surface area contributed by atoms with E-state index >= 15 is 0 Å². The van der Waals surface area contributed by atoms with Crippen molar-refractivity contribution in [1.82, 2.24) is 9.55 Å². The van der Waals surface area contributed by atoms with E-state index in [1.165, 1.54) is 0 Å². The maximum atomic E-state index is 12.6. The highest BCUT2D eigenvalue weighted by atomic mass is 32.2. The van der Waals surface area contributed by atoms with Gasteiger partial charge in [-0.2, -0.15) is 0 Å². The van der Waals surface area contributed by atoms with Crippen molar-refractivity contribution < 1.29 is 9.21 Å². The van der Waals surface area contributed by atoms with Crippen LogP contribution in [0.1, 0.15) is 16.1 Å². The number of nitrogens with one attached hydrogen (secondary N) is 1. The number of furan rings is 1. The minimum atomic E-state index is -0.247. The first-order valence-electron chi connectivity index (χ1n) is 8.16. The van der Waals surface area contributed by atoms with Gasteiger partial charge in [0.25, 0.3) is 5.91 Å². The Bertz CT molecular complexity index is 1080. The SMILES string of the molecule is Cc1c(C(=O)Nc2ccc(Sc3nccn3C)cc2)oc2ccccc12. The van der Waals surface area contributed by atoms with Crippen molar-refractivity contribution in [3.63, 3.8) is 0 Å². The summed E-state index contributed by atoms with van der Waals surface area (Å²) in [5.41, 5.74) is 2.29. The monoisotopic (exact) mass is 363 g/mol. The minimum absolute atomic E-state index is 0.247. The van der Waals surface area contributed by atoms with Crippen molar-refractivity contribution in [3.8, 4) is 0 Å². The average Bonchev–Trinajstić information content (AvgIpc) is 3.20. The predicted molar refractivity (Wildman–Crippen MR) is 103 cm³/mol. The van der Waals surface area contributed by atoms with Gasteiger partial charge in [-0.05, 0) is 37.3 Å². The van der Waals surface area contributed by atoms with Crippen LogP contribution in [0.2, 0.25) is 0 Å². The molecule has 0 saturated carbocycles. The number of hydrogen-bond donors (Lipinski definition) is 1. The zero-order valence-electron chi connectivity index (χ0n) is 14.4. The maximum Gasteiger partial charge on any atom is 0.291 e. The first-order valence-corrected chi connectivity index (χ1v) is 8.98. The molecule has 0 aliphatic rings. The number of carbonyl (C=O) groups is 1. The number of rotatable bonds is 4. The number of benzene rings is 2. The average molecular weight is 363 g/mol. The molecule has 130 valence electrons. The van der Waals surface area contributed by atoms with Crippen LogP contribution in [0.4, 0.5) is 5.69 Å². The summed E-state index contributed by atoms with van der Waals surface area (Å²) < 4.78 is 7.68. The minimum Gasteiger partial charge on any atom is -0.451 e. The van der Waals surface area contributed by atoms with Crippen LogP contribution in [-0.2, 0) is 7.05 Å². The first kappa shape index (κ1) is 16.5. The zero-order valence-corrected chi connectivity index (χ0v) is 15.2. The molecule has 0 radical (unpaired) electrons. The van der Waals surface area contributed by atoms with E-state index in [1.54, 1.807) is 18.0 Å². The first-order chi connectivity index (χ1) is 12.6.